The highest BCUT2D eigenvalue weighted by atomic mass is 32.2. The molecule has 1 amide bonds. The van der Waals surface area contributed by atoms with Crippen LogP contribution in [-0.2, 0) is 29.0 Å². The second-order valence-electron chi connectivity index (χ2n) is 10.6. The molecule has 2 fully saturated rings. The number of piperidine rings is 1. The molecule has 15 heteroatoms. The van der Waals surface area contributed by atoms with Crippen molar-refractivity contribution in [2.45, 2.75) is 59.5 Å². The summed E-state index contributed by atoms with van der Waals surface area (Å²) in [6.45, 7) is 2.41. The summed E-state index contributed by atoms with van der Waals surface area (Å²) < 4.78 is 103. The zero-order valence-electron chi connectivity index (χ0n) is 23.4. The summed E-state index contributed by atoms with van der Waals surface area (Å²) in [5.74, 6) is -1.17. The fourth-order valence-corrected chi connectivity index (χ4v) is 7.71. The van der Waals surface area contributed by atoms with E-state index in [1.54, 1.807) is 19.1 Å². The highest BCUT2D eigenvalue weighted by Gasteiger charge is 2.54. The zero-order chi connectivity index (χ0) is 31.8. The van der Waals surface area contributed by atoms with Crippen LogP contribution in [0.25, 0.3) is 0 Å². The molecule has 3 aromatic rings. The highest BCUT2D eigenvalue weighted by molar-refractivity contribution is 7.93. The smallest absolute Gasteiger partial charge is 0.457 e. The number of likely N-dealkylation sites (tertiary alicyclic amines) is 1. The molecule has 0 radical (unpaired) electrons. The van der Waals surface area contributed by atoms with Crippen molar-refractivity contribution in [3.8, 4) is 17.2 Å². The number of rotatable bonds is 10. The molecular formula is C29H29F3N2O8S2. The molecule has 236 valence electrons. The zero-order valence-corrected chi connectivity index (χ0v) is 25.0. The maximum Gasteiger partial charge on any atom is 0.573 e. The number of halogens is 3. The molecule has 0 atom stereocenters. The van der Waals surface area contributed by atoms with Crippen LogP contribution < -0.4 is 15.0 Å². The molecule has 1 N–H and O–H groups in total. The first kappa shape index (κ1) is 31.8. The number of benzene rings is 3. The van der Waals surface area contributed by atoms with Gasteiger partial charge in [-0.1, -0.05) is 17.7 Å². The van der Waals surface area contributed by atoms with Gasteiger partial charge >= 0.3 is 16.5 Å². The molecule has 5 rings (SSSR count). The van der Waals surface area contributed by atoms with Gasteiger partial charge in [0.15, 0.2) is 14.6 Å². The second-order valence-corrected chi connectivity index (χ2v) is 14.4. The lowest BCUT2D eigenvalue weighted by molar-refractivity contribution is -0.274. The normalized spacial score (nSPS) is 17.5. The van der Waals surface area contributed by atoms with Gasteiger partial charge in [-0.15, -0.1) is 17.5 Å². The summed E-state index contributed by atoms with van der Waals surface area (Å²) in [5.41, 5.74) is 2.73. The fraction of sp³-hybridized carbons (Fsp3) is 0.345. The molecule has 44 heavy (non-hydrogen) atoms. The van der Waals surface area contributed by atoms with Crippen molar-refractivity contribution < 1.29 is 48.6 Å². The van der Waals surface area contributed by atoms with E-state index >= 15 is 0 Å². The summed E-state index contributed by atoms with van der Waals surface area (Å²) in [5, 5.41) is 0. The molecule has 0 bridgehead atoms. The van der Waals surface area contributed by atoms with Crippen molar-refractivity contribution in [3.63, 3.8) is 0 Å². The van der Waals surface area contributed by atoms with Gasteiger partial charge in [-0.3, -0.25) is 4.79 Å². The van der Waals surface area contributed by atoms with E-state index in [9.17, 15) is 34.8 Å². The molecule has 1 aliphatic heterocycles. The number of hydrogen-bond donors (Lipinski definition) is 1. The first-order chi connectivity index (χ1) is 20.7. The number of carbonyl (C=O) groups is 1. The number of carbonyl (C=O) groups excluding carboxylic acids is 1. The van der Waals surface area contributed by atoms with Crippen LogP contribution in [0.2, 0.25) is 0 Å². The van der Waals surface area contributed by atoms with Crippen molar-refractivity contribution >= 4 is 25.9 Å². The Balaban J connectivity index is 1.34. The quantitative estimate of drug-likeness (QED) is 0.304. The summed E-state index contributed by atoms with van der Waals surface area (Å²) in [7, 11) is -8.82. The third-order valence-electron chi connectivity index (χ3n) is 7.58. The minimum atomic E-state index is -4.84. The third kappa shape index (κ3) is 7.01. The van der Waals surface area contributed by atoms with Crippen LogP contribution in [0.3, 0.4) is 0 Å². The van der Waals surface area contributed by atoms with Crippen molar-refractivity contribution in [2.75, 3.05) is 13.1 Å². The predicted octanol–water partition coefficient (Wildman–Crippen LogP) is 4.89. The Kier molecular flexibility index (Phi) is 8.68. The van der Waals surface area contributed by atoms with Crippen LogP contribution in [0.5, 0.6) is 17.2 Å². The molecular weight excluding hydrogens is 625 g/mol. The van der Waals surface area contributed by atoms with Gasteiger partial charge in [-0.25, -0.2) is 13.9 Å². The number of hydroxylamine groups is 1. The Bertz CT molecular complexity index is 1700. The summed E-state index contributed by atoms with van der Waals surface area (Å²) in [6.07, 6.45) is -3.03. The van der Waals surface area contributed by atoms with Crippen LogP contribution >= 0.6 is 0 Å². The van der Waals surface area contributed by atoms with E-state index in [4.69, 9.17) is 9.02 Å². The minimum absolute atomic E-state index is 0.0871. The monoisotopic (exact) mass is 654 g/mol. The van der Waals surface area contributed by atoms with E-state index in [2.05, 4.69) is 9.64 Å². The number of sulfone groups is 1. The molecule has 0 aromatic heterocycles. The number of alkyl halides is 3. The van der Waals surface area contributed by atoms with Gasteiger partial charge in [-0.2, -0.15) is 8.42 Å². The number of amides is 1. The van der Waals surface area contributed by atoms with Crippen molar-refractivity contribution in [1.29, 1.82) is 0 Å². The Morgan fingerprint density at radius 1 is 0.818 bits per heavy atom. The van der Waals surface area contributed by atoms with Gasteiger partial charge in [0.05, 0.1) is 9.79 Å². The molecule has 10 nitrogen and oxygen atoms in total. The van der Waals surface area contributed by atoms with Gasteiger partial charge in [0.2, 0.25) is 0 Å². The SMILES string of the molecule is Cc1ccc(S(=O)(=O)ONC(=O)C2(S(=O)(=O)c3ccc(Oc4ccc(OC(F)(F)F)cc4)cc3)CCN(C3CC3)CC2)cc1. The van der Waals surface area contributed by atoms with E-state index in [0.29, 0.717) is 19.1 Å². The maximum absolute atomic E-state index is 14.1. The van der Waals surface area contributed by atoms with Gasteiger partial charge < -0.3 is 14.4 Å². The van der Waals surface area contributed by atoms with Crippen LogP contribution in [0.1, 0.15) is 31.2 Å². The molecule has 3 aromatic carbocycles. The predicted molar refractivity (Wildman–Crippen MR) is 151 cm³/mol. The Hall–Kier alpha value is -3.66. The Labute approximate surface area is 252 Å². The second kappa shape index (κ2) is 12.0. The van der Waals surface area contributed by atoms with Crippen molar-refractivity contribution in [2.24, 2.45) is 0 Å². The number of ether oxygens (including phenoxy) is 2. The first-order valence-electron chi connectivity index (χ1n) is 13.6. The maximum atomic E-state index is 14.1. The molecule has 1 saturated heterocycles. The summed E-state index contributed by atoms with van der Waals surface area (Å²) in [6, 6.07) is 15.9. The Morgan fingerprint density at radius 3 is 1.84 bits per heavy atom. The Morgan fingerprint density at radius 2 is 1.32 bits per heavy atom. The van der Waals surface area contributed by atoms with E-state index in [1.807, 2.05) is 5.48 Å². The minimum Gasteiger partial charge on any atom is -0.457 e. The van der Waals surface area contributed by atoms with E-state index in [1.165, 1.54) is 48.5 Å². The number of aryl methyl sites for hydroxylation is 1. The highest BCUT2D eigenvalue weighted by Crippen LogP contribution is 2.40. The molecule has 1 heterocycles. The third-order valence-corrected chi connectivity index (χ3v) is 11.2. The molecule has 1 saturated carbocycles. The van der Waals surface area contributed by atoms with Gasteiger partial charge in [-0.05, 0) is 93.3 Å². The molecule has 0 unspecified atom stereocenters. The van der Waals surface area contributed by atoms with Crippen LogP contribution in [0, 0.1) is 6.92 Å². The largest absolute Gasteiger partial charge is 0.573 e. The van der Waals surface area contributed by atoms with Crippen molar-refractivity contribution in [3.05, 3.63) is 78.4 Å². The summed E-state index contributed by atoms with van der Waals surface area (Å²) in [4.78, 5) is 15.3. The lowest BCUT2D eigenvalue weighted by Gasteiger charge is -2.39. The van der Waals surface area contributed by atoms with Gasteiger partial charge in [0.1, 0.15) is 17.2 Å². The molecule has 2 aliphatic rings. The lowest BCUT2D eigenvalue weighted by Crippen LogP contribution is -2.58. The number of hydrogen-bond acceptors (Lipinski definition) is 9. The van der Waals surface area contributed by atoms with E-state index < -0.39 is 42.7 Å². The molecule has 0 spiro atoms. The average molecular weight is 655 g/mol. The topological polar surface area (TPSA) is 128 Å². The van der Waals surface area contributed by atoms with Crippen LogP contribution in [0.4, 0.5) is 13.2 Å². The van der Waals surface area contributed by atoms with Gasteiger partial charge in [0.25, 0.3) is 5.91 Å². The molecule has 1 aliphatic carbocycles. The fourth-order valence-electron chi connectivity index (χ4n) is 5.00. The number of nitrogens with one attached hydrogen (secondary N) is 1. The van der Waals surface area contributed by atoms with Crippen LogP contribution in [-0.4, -0.2) is 57.9 Å². The van der Waals surface area contributed by atoms with Crippen LogP contribution in [0.15, 0.2) is 82.6 Å². The lowest BCUT2D eigenvalue weighted by atomic mass is 9.94. The number of nitrogens with zero attached hydrogens (tertiary/aromatic N) is 1. The van der Waals surface area contributed by atoms with Gasteiger partial charge in [0, 0.05) is 19.1 Å². The first-order valence-corrected chi connectivity index (χ1v) is 16.5. The average Bonchev–Trinajstić information content (AvgIpc) is 3.83. The summed E-state index contributed by atoms with van der Waals surface area (Å²) >= 11 is 0. The van der Waals surface area contributed by atoms with E-state index in [0.717, 1.165) is 30.5 Å². The standard InChI is InChI=1S/C29H29F3N2O8S2/c1-20-2-12-26(13-3-20)44(38,39)42-33-27(35)28(16-18-34(19-17-28)21-4-5-21)43(36,37)25-14-10-23(11-15-25)40-22-6-8-24(9-7-22)41-29(30,31)32/h2-3,6-15,21H,4-5,16-19H2,1H3,(H,33,35). The van der Waals surface area contributed by atoms with E-state index in [-0.39, 0.29) is 34.1 Å². The van der Waals surface area contributed by atoms with Crippen molar-refractivity contribution in [1.82, 2.24) is 10.4 Å².